The van der Waals surface area contributed by atoms with E-state index in [1.807, 2.05) is 29.2 Å². The van der Waals surface area contributed by atoms with Crippen molar-refractivity contribution in [1.29, 1.82) is 5.26 Å². The summed E-state index contributed by atoms with van der Waals surface area (Å²) in [6.07, 6.45) is 7.21. The van der Waals surface area contributed by atoms with Crippen LogP contribution in [0.1, 0.15) is 43.2 Å². The predicted octanol–water partition coefficient (Wildman–Crippen LogP) is 6.43. The summed E-state index contributed by atoms with van der Waals surface area (Å²) in [5, 5.41) is 13.2. The zero-order chi connectivity index (χ0) is 23.2. The molecule has 1 unspecified atom stereocenters. The molecule has 2 amide bonds. The molecule has 1 heterocycles. The molecular weight excluding hydrogens is 455 g/mol. The maximum absolute atomic E-state index is 13.3. The first-order valence-electron chi connectivity index (χ1n) is 11.5. The van der Waals surface area contributed by atoms with Crippen LogP contribution >= 0.6 is 23.2 Å². The van der Waals surface area contributed by atoms with Gasteiger partial charge in [-0.15, -0.1) is 0 Å². The van der Waals surface area contributed by atoms with Crippen molar-refractivity contribution in [2.45, 2.75) is 38.1 Å². The van der Waals surface area contributed by atoms with Gasteiger partial charge in [-0.1, -0.05) is 41.4 Å². The largest absolute Gasteiger partial charge is 0.322 e. The summed E-state index contributed by atoms with van der Waals surface area (Å²) < 4.78 is 0. The molecule has 1 aliphatic heterocycles. The molecule has 2 aromatic rings. The number of nitrogens with zero attached hydrogens (tertiary/aromatic N) is 3. The summed E-state index contributed by atoms with van der Waals surface area (Å²) >= 11 is 12.2. The Morgan fingerprint density at radius 1 is 1.15 bits per heavy atom. The molecule has 1 atom stereocenters. The van der Waals surface area contributed by atoms with E-state index >= 15 is 0 Å². The number of halogens is 2. The van der Waals surface area contributed by atoms with Crippen LogP contribution in [-0.2, 0) is 0 Å². The lowest BCUT2D eigenvalue weighted by Gasteiger charge is -2.35. The van der Waals surface area contributed by atoms with Crippen LogP contribution in [0.25, 0.3) is 5.57 Å². The van der Waals surface area contributed by atoms with Crippen LogP contribution in [0.3, 0.4) is 0 Å². The van der Waals surface area contributed by atoms with Crippen LogP contribution in [0.5, 0.6) is 0 Å². The lowest BCUT2D eigenvalue weighted by molar-refractivity contribution is 0.170. The summed E-state index contributed by atoms with van der Waals surface area (Å²) in [6, 6.07) is 15.0. The molecule has 1 N–H and O–H groups in total. The zero-order valence-electron chi connectivity index (χ0n) is 18.6. The lowest BCUT2D eigenvalue weighted by atomic mass is 9.89. The Kier molecular flexibility index (Phi) is 7.93. The standard InChI is InChI=1S/C26H28Cl2N4O/c27-22-15-23(28)17-24(16-22)30-26(33)32(13-12-31-10-1-2-11-31)25-8-6-20(7-9-25)21-5-3-4-19(14-21)18-29/h3-6,14-17,25H,1-2,7-13H2,(H,30,33). The van der Waals surface area contributed by atoms with Crippen molar-refractivity contribution in [2.24, 2.45) is 0 Å². The van der Waals surface area contributed by atoms with E-state index in [1.54, 1.807) is 18.2 Å². The molecule has 33 heavy (non-hydrogen) atoms. The number of allylic oxidation sites excluding steroid dienone is 1. The first kappa shape index (κ1) is 23.6. The first-order valence-corrected chi connectivity index (χ1v) is 12.2. The van der Waals surface area contributed by atoms with E-state index in [0.717, 1.165) is 44.5 Å². The average molecular weight is 483 g/mol. The molecule has 1 aliphatic carbocycles. The summed E-state index contributed by atoms with van der Waals surface area (Å²) in [4.78, 5) is 17.7. The molecule has 1 saturated heterocycles. The monoisotopic (exact) mass is 482 g/mol. The number of likely N-dealkylation sites (tertiary alicyclic amines) is 1. The number of urea groups is 1. The molecule has 2 aliphatic rings. The molecule has 0 bridgehead atoms. The van der Waals surface area contributed by atoms with Crippen molar-refractivity contribution in [3.05, 3.63) is 69.7 Å². The highest BCUT2D eigenvalue weighted by Crippen LogP contribution is 2.30. The van der Waals surface area contributed by atoms with Gasteiger partial charge in [-0.25, -0.2) is 4.79 Å². The van der Waals surface area contributed by atoms with Gasteiger partial charge in [0.25, 0.3) is 0 Å². The van der Waals surface area contributed by atoms with Crippen molar-refractivity contribution >= 4 is 40.5 Å². The molecule has 4 rings (SSSR count). The Labute approximate surface area is 205 Å². The van der Waals surface area contributed by atoms with Crippen LogP contribution in [0.15, 0.2) is 48.5 Å². The van der Waals surface area contributed by atoms with Gasteiger partial charge < -0.3 is 15.1 Å². The van der Waals surface area contributed by atoms with E-state index in [-0.39, 0.29) is 12.1 Å². The van der Waals surface area contributed by atoms with E-state index in [4.69, 9.17) is 23.2 Å². The summed E-state index contributed by atoms with van der Waals surface area (Å²) in [5.74, 6) is 0. The third-order valence-electron chi connectivity index (χ3n) is 6.42. The number of carbonyl (C=O) groups is 1. The van der Waals surface area contributed by atoms with Crippen molar-refractivity contribution < 1.29 is 4.79 Å². The van der Waals surface area contributed by atoms with Crippen LogP contribution in [0.2, 0.25) is 10.0 Å². The predicted molar refractivity (Wildman–Crippen MR) is 135 cm³/mol. The second kappa shape index (κ2) is 11.1. The molecular formula is C26H28Cl2N4O. The molecule has 5 nitrogen and oxygen atoms in total. The Morgan fingerprint density at radius 3 is 2.58 bits per heavy atom. The summed E-state index contributed by atoms with van der Waals surface area (Å²) in [5.41, 5.74) is 3.60. The Bertz CT molecular complexity index is 1050. The van der Waals surface area contributed by atoms with Gasteiger partial charge in [-0.3, -0.25) is 0 Å². The number of benzene rings is 2. The summed E-state index contributed by atoms with van der Waals surface area (Å²) in [6.45, 7) is 3.76. The smallest absolute Gasteiger partial charge is 0.320 e. The number of hydrogen-bond donors (Lipinski definition) is 1. The fourth-order valence-corrected chi connectivity index (χ4v) is 5.21. The minimum Gasteiger partial charge on any atom is -0.320 e. The van der Waals surface area contributed by atoms with Gasteiger partial charge in [0, 0.05) is 34.9 Å². The van der Waals surface area contributed by atoms with Crippen molar-refractivity contribution in [3.63, 3.8) is 0 Å². The summed E-state index contributed by atoms with van der Waals surface area (Å²) in [7, 11) is 0. The van der Waals surface area contributed by atoms with E-state index in [2.05, 4.69) is 22.4 Å². The van der Waals surface area contributed by atoms with Gasteiger partial charge >= 0.3 is 6.03 Å². The van der Waals surface area contributed by atoms with Gasteiger partial charge in [0.05, 0.1) is 11.6 Å². The third-order valence-corrected chi connectivity index (χ3v) is 6.85. The first-order chi connectivity index (χ1) is 16.0. The van der Waals surface area contributed by atoms with Crippen molar-refractivity contribution in [2.75, 3.05) is 31.5 Å². The van der Waals surface area contributed by atoms with Crippen LogP contribution in [0.4, 0.5) is 10.5 Å². The second-order valence-corrected chi connectivity index (χ2v) is 9.55. The fourth-order valence-electron chi connectivity index (χ4n) is 4.68. The number of nitrogens with one attached hydrogen (secondary N) is 1. The van der Waals surface area contributed by atoms with Crippen molar-refractivity contribution in [3.8, 4) is 6.07 Å². The van der Waals surface area contributed by atoms with Crippen molar-refractivity contribution in [1.82, 2.24) is 9.80 Å². The van der Waals surface area contributed by atoms with Gasteiger partial charge in [-0.2, -0.15) is 5.26 Å². The maximum Gasteiger partial charge on any atom is 0.322 e. The number of nitriles is 1. The van der Waals surface area contributed by atoms with Crippen LogP contribution in [-0.4, -0.2) is 48.1 Å². The number of carbonyl (C=O) groups excluding carboxylic acids is 1. The zero-order valence-corrected chi connectivity index (χ0v) is 20.1. The molecule has 7 heteroatoms. The minimum atomic E-state index is -0.124. The highest BCUT2D eigenvalue weighted by molar-refractivity contribution is 6.35. The quantitative estimate of drug-likeness (QED) is 0.515. The Morgan fingerprint density at radius 2 is 1.91 bits per heavy atom. The van der Waals surface area contributed by atoms with E-state index < -0.39 is 0 Å². The SMILES string of the molecule is N#Cc1cccc(C2=CCC(N(CCN3CCCC3)C(=O)Nc3cc(Cl)cc(Cl)c3)CC2)c1. The topological polar surface area (TPSA) is 59.4 Å². The number of hydrogen-bond acceptors (Lipinski definition) is 3. The average Bonchev–Trinajstić information content (AvgIpc) is 3.33. The van der Waals surface area contributed by atoms with Gasteiger partial charge in [0.15, 0.2) is 0 Å². The molecule has 1 fully saturated rings. The number of anilines is 1. The normalized spacial score (nSPS) is 18.5. The molecule has 0 radical (unpaired) electrons. The Hall–Kier alpha value is -2.52. The second-order valence-electron chi connectivity index (χ2n) is 8.68. The number of amides is 2. The molecule has 2 aromatic carbocycles. The van der Waals surface area contributed by atoms with Gasteiger partial charge in [0.1, 0.15) is 0 Å². The van der Waals surface area contributed by atoms with E-state index in [9.17, 15) is 10.1 Å². The maximum atomic E-state index is 13.3. The highest BCUT2D eigenvalue weighted by Gasteiger charge is 2.27. The molecule has 0 aromatic heterocycles. The molecule has 0 saturated carbocycles. The van der Waals surface area contributed by atoms with Crippen LogP contribution < -0.4 is 5.32 Å². The van der Waals surface area contributed by atoms with E-state index in [1.165, 1.54) is 18.4 Å². The highest BCUT2D eigenvalue weighted by atomic mass is 35.5. The molecule has 172 valence electrons. The fraction of sp³-hybridized carbons (Fsp3) is 0.385. The Balaban J connectivity index is 1.48. The minimum absolute atomic E-state index is 0.116. The van der Waals surface area contributed by atoms with Gasteiger partial charge in [-0.05, 0) is 86.7 Å². The number of rotatable bonds is 6. The van der Waals surface area contributed by atoms with E-state index in [0.29, 0.717) is 27.8 Å². The lowest BCUT2D eigenvalue weighted by Crippen LogP contribution is -2.47. The van der Waals surface area contributed by atoms with Crippen LogP contribution in [0, 0.1) is 11.3 Å². The molecule has 0 spiro atoms. The third kappa shape index (κ3) is 6.29. The van der Waals surface area contributed by atoms with Gasteiger partial charge in [0.2, 0.25) is 0 Å².